The van der Waals surface area contributed by atoms with E-state index >= 15 is 0 Å². The molecule has 1 spiro atoms. The van der Waals surface area contributed by atoms with Gasteiger partial charge in [0.25, 0.3) is 0 Å². The van der Waals surface area contributed by atoms with Crippen molar-refractivity contribution >= 4 is 17.5 Å². The molecule has 2 saturated heterocycles. The fourth-order valence-electron chi connectivity index (χ4n) is 3.83. The van der Waals surface area contributed by atoms with Crippen molar-refractivity contribution in [1.82, 2.24) is 15.5 Å². The van der Waals surface area contributed by atoms with Crippen molar-refractivity contribution in [3.63, 3.8) is 0 Å². The second-order valence-electron chi connectivity index (χ2n) is 7.29. The van der Waals surface area contributed by atoms with E-state index in [1.54, 1.807) is 5.32 Å². The molecular formula is C18H20F6N4O2. The third-order valence-corrected chi connectivity index (χ3v) is 5.25. The summed E-state index contributed by atoms with van der Waals surface area (Å²) >= 11 is 0. The first-order valence-corrected chi connectivity index (χ1v) is 9.21. The quantitative estimate of drug-likeness (QED) is 0.707. The Kier molecular flexibility index (Phi) is 5.89. The Bertz CT molecular complexity index is 805. The van der Waals surface area contributed by atoms with Crippen LogP contribution in [-0.4, -0.2) is 61.3 Å². The number of anilines is 1. The number of nitrogens with one attached hydrogen (secondary N) is 2. The molecule has 0 radical (unpaired) electrons. The first-order valence-electron chi connectivity index (χ1n) is 9.21. The predicted molar refractivity (Wildman–Crippen MR) is 94.4 cm³/mol. The van der Waals surface area contributed by atoms with Crippen LogP contribution in [0.15, 0.2) is 24.3 Å². The Morgan fingerprint density at radius 2 is 1.80 bits per heavy atom. The monoisotopic (exact) mass is 438 g/mol. The van der Waals surface area contributed by atoms with Gasteiger partial charge in [-0.2, -0.15) is 26.3 Å². The summed E-state index contributed by atoms with van der Waals surface area (Å²) in [5.41, 5.74) is -1.86. The summed E-state index contributed by atoms with van der Waals surface area (Å²) in [5, 5.41) is 4.78. The molecule has 2 amide bonds. The molecule has 6 nitrogen and oxygen atoms in total. The van der Waals surface area contributed by atoms with Crippen LogP contribution >= 0.6 is 0 Å². The zero-order valence-corrected chi connectivity index (χ0v) is 15.7. The van der Waals surface area contributed by atoms with Crippen LogP contribution in [0.3, 0.4) is 0 Å². The normalized spacial score (nSPS) is 19.5. The van der Waals surface area contributed by atoms with Gasteiger partial charge in [-0.15, -0.1) is 0 Å². The molecule has 3 rings (SSSR count). The van der Waals surface area contributed by atoms with E-state index in [2.05, 4.69) is 5.32 Å². The number of amides is 2. The second-order valence-corrected chi connectivity index (χ2v) is 7.29. The molecule has 12 heteroatoms. The molecule has 0 aromatic heterocycles. The van der Waals surface area contributed by atoms with Gasteiger partial charge in [0.05, 0.1) is 12.2 Å². The summed E-state index contributed by atoms with van der Waals surface area (Å²) in [6, 6.07) is 4.53. The van der Waals surface area contributed by atoms with Crippen molar-refractivity contribution in [2.24, 2.45) is 0 Å². The highest BCUT2D eigenvalue weighted by molar-refractivity contribution is 5.96. The van der Waals surface area contributed by atoms with Crippen LogP contribution in [-0.2, 0) is 15.8 Å². The van der Waals surface area contributed by atoms with Crippen molar-refractivity contribution < 1.29 is 35.9 Å². The van der Waals surface area contributed by atoms with Gasteiger partial charge >= 0.3 is 12.4 Å². The second kappa shape index (κ2) is 7.97. The molecule has 2 fully saturated rings. The maximum absolute atomic E-state index is 13.1. The Morgan fingerprint density at radius 1 is 1.13 bits per heavy atom. The summed E-state index contributed by atoms with van der Waals surface area (Å²) in [6.07, 6.45) is -8.57. The fraction of sp³-hybridized carbons (Fsp3) is 0.556. The van der Waals surface area contributed by atoms with Gasteiger partial charge in [0.2, 0.25) is 11.8 Å². The van der Waals surface area contributed by atoms with Gasteiger partial charge in [-0.05, 0) is 44.1 Å². The average Bonchev–Trinajstić information content (AvgIpc) is 2.92. The minimum atomic E-state index is -4.59. The van der Waals surface area contributed by atoms with Crippen LogP contribution in [0.5, 0.6) is 0 Å². The van der Waals surface area contributed by atoms with Crippen molar-refractivity contribution in [1.29, 1.82) is 0 Å². The van der Waals surface area contributed by atoms with E-state index in [-0.39, 0.29) is 12.4 Å². The van der Waals surface area contributed by atoms with Crippen molar-refractivity contribution in [3.8, 4) is 0 Å². The number of halogens is 6. The number of hydrogen-bond acceptors (Lipinski definition) is 4. The third kappa shape index (κ3) is 4.63. The molecular weight excluding hydrogens is 418 g/mol. The summed E-state index contributed by atoms with van der Waals surface area (Å²) in [6.45, 7) is -1.45. The van der Waals surface area contributed by atoms with Gasteiger partial charge in [-0.25, -0.2) is 0 Å². The summed E-state index contributed by atoms with van der Waals surface area (Å²) in [7, 11) is 0. The standard InChI is InChI=1S/C18H20F6N4O2/c19-17(20,21)10-26-14(29)9-27-11-28(16(15(27)30)4-6-25-7-5-16)13-3-1-2-12(8-13)18(22,23)24/h1-3,8,25H,4-7,9-11H2,(H,26,29). The Labute approximate surface area is 168 Å². The molecule has 2 aliphatic heterocycles. The van der Waals surface area contributed by atoms with E-state index in [4.69, 9.17) is 0 Å². The number of carbonyl (C=O) groups excluding carboxylic acids is 2. The molecule has 0 unspecified atom stereocenters. The smallest absolute Gasteiger partial charge is 0.345 e. The minimum absolute atomic E-state index is 0.165. The SMILES string of the molecule is O=C(CN1CN(c2cccc(C(F)(F)F)c2)C2(CCNCC2)C1=O)NCC(F)(F)F. The highest BCUT2D eigenvalue weighted by Crippen LogP contribution is 2.40. The molecule has 30 heavy (non-hydrogen) atoms. The van der Waals surface area contributed by atoms with Gasteiger partial charge in [0, 0.05) is 5.69 Å². The van der Waals surface area contributed by atoms with Crippen molar-refractivity contribution in [2.75, 3.05) is 37.7 Å². The lowest BCUT2D eigenvalue weighted by atomic mass is 9.86. The number of carbonyl (C=O) groups is 2. The van der Waals surface area contributed by atoms with Crippen molar-refractivity contribution in [3.05, 3.63) is 29.8 Å². The Hall–Kier alpha value is -2.50. The van der Waals surface area contributed by atoms with Gasteiger partial charge in [0.15, 0.2) is 0 Å². The molecule has 0 atom stereocenters. The highest BCUT2D eigenvalue weighted by Gasteiger charge is 2.53. The first-order chi connectivity index (χ1) is 13.9. The van der Waals surface area contributed by atoms with Crippen LogP contribution in [0.2, 0.25) is 0 Å². The van der Waals surface area contributed by atoms with Gasteiger partial charge < -0.3 is 20.4 Å². The van der Waals surface area contributed by atoms with Gasteiger partial charge in [0.1, 0.15) is 18.6 Å². The van der Waals surface area contributed by atoms with E-state index in [0.717, 1.165) is 17.0 Å². The molecule has 0 bridgehead atoms. The number of alkyl halides is 6. The lowest BCUT2D eigenvalue weighted by molar-refractivity contribution is -0.142. The van der Waals surface area contributed by atoms with Crippen LogP contribution in [0.1, 0.15) is 18.4 Å². The molecule has 1 aromatic carbocycles. The topological polar surface area (TPSA) is 64.7 Å². The van der Waals surface area contributed by atoms with Crippen LogP contribution in [0.4, 0.5) is 32.0 Å². The molecule has 166 valence electrons. The van der Waals surface area contributed by atoms with E-state index < -0.39 is 48.4 Å². The van der Waals surface area contributed by atoms with E-state index in [1.807, 2.05) is 0 Å². The molecule has 2 N–H and O–H groups in total. The predicted octanol–water partition coefficient (Wildman–Crippen LogP) is 2.11. The maximum atomic E-state index is 13.1. The molecule has 1 aromatic rings. The largest absolute Gasteiger partial charge is 0.416 e. The fourth-order valence-corrected chi connectivity index (χ4v) is 3.83. The molecule has 0 aliphatic carbocycles. The molecule has 2 aliphatic rings. The number of nitrogens with zero attached hydrogens (tertiary/aromatic N) is 2. The lowest BCUT2D eigenvalue weighted by Crippen LogP contribution is -2.56. The number of rotatable bonds is 4. The average molecular weight is 438 g/mol. The lowest BCUT2D eigenvalue weighted by Gasteiger charge is -2.40. The number of benzene rings is 1. The molecule has 0 saturated carbocycles. The highest BCUT2D eigenvalue weighted by atomic mass is 19.4. The Morgan fingerprint density at radius 3 is 2.40 bits per heavy atom. The van der Waals surface area contributed by atoms with Gasteiger partial charge in [-0.3, -0.25) is 9.59 Å². The van der Waals surface area contributed by atoms with Crippen LogP contribution < -0.4 is 15.5 Å². The van der Waals surface area contributed by atoms with Gasteiger partial charge in [-0.1, -0.05) is 6.07 Å². The van der Waals surface area contributed by atoms with Crippen LogP contribution in [0, 0.1) is 0 Å². The van der Waals surface area contributed by atoms with E-state index in [0.29, 0.717) is 25.9 Å². The van der Waals surface area contributed by atoms with Crippen LogP contribution in [0.25, 0.3) is 0 Å². The van der Waals surface area contributed by atoms with E-state index in [9.17, 15) is 35.9 Å². The zero-order chi connectivity index (χ0) is 22.2. The summed E-state index contributed by atoms with van der Waals surface area (Å²) < 4.78 is 76.4. The third-order valence-electron chi connectivity index (χ3n) is 5.25. The maximum Gasteiger partial charge on any atom is 0.416 e. The van der Waals surface area contributed by atoms with E-state index in [1.165, 1.54) is 17.0 Å². The minimum Gasteiger partial charge on any atom is -0.345 e. The summed E-state index contributed by atoms with van der Waals surface area (Å²) in [5.74, 6) is -1.47. The first kappa shape index (κ1) is 22.2. The number of hydrogen-bond donors (Lipinski definition) is 2. The van der Waals surface area contributed by atoms with Crippen molar-refractivity contribution in [2.45, 2.75) is 30.7 Å². The molecule has 2 heterocycles. The zero-order valence-electron chi connectivity index (χ0n) is 15.7. The summed E-state index contributed by atoms with van der Waals surface area (Å²) in [4.78, 5) is 27.6. The number of piperidine rings is 1. The Balaban J connectivity index is 1.85.